The number of pyridine rings is 1. The Morgan fingerprint density at radius 2 is 1.96 bits per heavy atom. The maximum Gasteiger partial charge on any atom is 0.412 e. The first-order chi connectivity index (χ1) is 12.3. The monoisotopic (exact) mass is 364 g/mol. The Kier molecular flexibility index (Phi) is 5.24. The average Bonchev–Trinajstić information content (AvgIpc) is 3.10. The first kappa shape index (κ1) is 18.3. The van der Waals surface area contributed by atoms with E-state index in [2.05, 4.69) is 21.2 Å². The highest BCUT2D eigenvalue weighted by molar-refractivity contribution is 5.82. The SMILES string of the molecule is Cc1ccc(C2CC(C(=O)NC(c3cccnc3)C(F)(F)F)NN2)cc1. The highest BCUT2D eigenvalue weighted by Crippen LogP contribution is 2.32. The number of aryl methyl sites for hydroxylation is 1. The molecule has 0 spiro atoms. The molecule has 0 bridgehead atoms. The molecule has 3 atom stereocenters. The first-order valence-electron chi connectivity index (χ1n) is 8.19. The van der Waals surface area contributed by atoms with Crippen molar-refractivity contribution in [1.82, 2.24) is 21.2 Å². The lowest BCUT2D eigenvalue weighted by Gasteiger charge is -2.23. The molecule has 5 nitrogen and oxygen atoms in total. The molecule has 0 saturated carbocycles. The summed E-state index contributed by atoms with van der Waals surface area (Å²) in [6.45, 7) is 1.97. The van der Waals surface area contributed by atoms with Crippen molar-refractivity contribution in [3.05, 3.63) is 65.5 Å². The highest BCUT2D eigenvalue weighted by atomic mass is 19.4. The van der Waals surface area contributed by atoms with Gasteiger partial charge in [-0.15, -0.1) is 0 Å². The number of hydrazine groups is 1. The third kappa shape index (κ3) is 4.20. The number of carbonyl (C=O) groups excluding carboxylic acids is 1. The van der Waals surface area contributed by atoms with Crippen LogP contribution in [-0.2, 0) is 4.79 Å². The van der Waals surface area contributed by atoms with Crippen molar-refractivity contribution in [2.75, 3.05) is 0 Å². The lowest BCUT2D eigenvalue weighted by Crippen LogP contribution is -2.47. The van der Waals surface area contributed by atoms with Crippen LogP contribution in [0.3, 0.4) is 0 Å². The van der Waals surface area contributed by atoms with Gasteiger partial charge < -0.3 is 5.32 Å². The predicted molar refractivity (Wildman–Crippen MR) is 89.8 cm³/mol. The van der Waals surface area contributed by atoms with Crippen molar-refractivity contribution in [2.24, 2.45) is 0 Å². The number of aromatic nitrogens is 1. The molecule has 1 saturated heterocycles. The van der Waals surface area contributed by atoms with E-state index in [9.17, 15) is 18.0 Å². The van der Waals surface area contributed by atoms with Crippen molar-refractivity contribution < 1.29 is 18.0 Å². The minimum atomic E-state index is -4.61. The number of carbonyl (C=O) groups is 1. The molecular formula is C18H19F3N4O. The van der Waals surface area contributed by atoms with E-state index in [1.165, 1.54) is 18.3 Å². The van der Waals surface area contributed by atoms with E-state index in [0.29, 0.717) is 6.42 Å². The van der Waals surface area contributed by atoms with Gasteiger partial charge in [0, 0.05) is 24.0 Å². The van der Waals surface area contributed by atoms with Gasteiger partial charge in [-0.25, -0.2) is 10.9 Å². The third-order valence-corrected chi connectivity index (χ3v) is 4.33. The largest absolute Gasteiger partial charge is 0.412 e. The van der Waals surface area contributed by atoms with E-state index in [0.717, 1.165) is 17.3 Å². The predicted octanol–water partition coefficient (Wildman–Crippen LogP) is 2.72. The molecule has 3 N–H and O–H groups in total. The fraction of sp³-hybridized carbons (Fsp3) is 0.333. The molecule has 3 rings (SSSR count). The van der Waals surface area contributed by atoms with Gasteiger partial charge in [-0.2, -0.15) is 13.2 Å². The number of alkyl halides is 3. The summed E-state index contributed by atoms with van der Waals surface area (Å²) in [4.78, 5) is 16.1. The van der Waals surface area contributed by atoms with Gasteiger partial charge in [-0.1, -0.05) is 35.9 Å². The summed E-state index contributed by atoms with van der Waals surface area (Å²) >= 11 is 0. The van der Waals surface area contributed by atoms with Crippen LogP contribution in [0.25, 0.3) is 0 Å². The second kappa shape index (κ2) is 7.43. The lowest BCUT2D eigenvalue weighted by molar-refractivity contribution is -0.164. The number of hydrogen-bond donors (Lipinski definition) is 3. The van der Waals surface area contributed by atoms with E-state index >= 15 is 0 Å². The normalized spacial score (nSPS) is 21.4. The van der Waals surface area contributed by atoms with Gasteiger partial charge in [-0.05, 0) is 25.0 Å². The fourth-order valence-corrected chi connectivity index (χ4v) is 2.89. The molecule has 1 amide bonds. The maximum atomic E-state index is 13.4. The zero-order valence-corrected chi connectivity index (χ0v) is 14.0. The molecule has 1 fully saturated rings. The molecule has 2 heterocycles. The van der Waals surface area contributed by atoms with Crippen molar-refractivity contribution in [3.8, 4) is 0 Å². The number of halogens is 3. The molecule has 1 aromatic carbocycles. The standard InChI is InChI=1S/C18H19F3N4O/c1-11-4-6-12(7-5-11)14-9-15(25-24-14)17(26)23-16(18(19,20)21)13-3-2-8-22-10-13/h2-8,10,14-16,24-25H,9H2,1H3,(H,23,26). The van der Waals surface area contributed by atoms with Crippen LogP contribution in [-0.4, -0.2) is 23.1 Å². The molecule has 0 radical (unpaired) electrons. The van der Waals surface area contributed by atoms with Gasteiger partial charge in [0.2, 0.25) is 5.91 Å². The molecule has 0 aliphatic carbocycles. The maximum absolute atomic E-state index is 13.4. The Morgan fingerprint density at radius 1 is 1.23 bits per heavy atom. The van der Waals surface area contributed by atoms with Crippen LogP contribution < -0.4 is 16.2 Å². The molecule has 1 aliphatic rings. The summed E-state index contributed by atoms with van der Waals surface area (Å²) < 4.78 is 40.1. The van der Waals surface area contributed by atoms with Crippen LogP contribution in [0, 0.1) is 6.92 Å². The average molecular weight is 364 g/mol. The van der Waals surface area contributed by atoms with Gasteiger partial charge in [-0.3, -0.25) is 9.78 Å². The summed E-state index contributed by atoms with van der Waals surface area (Å²) in [5.41, 5.74) is 7.73. The number of rotatable bonds is 4. The number of benzene rings is 1. The van der Waals surface area contributed by atoms with Crippen LogP contribution in [0.1, 0.15) is 35.2 Å². The fourth-order valence-electron chi connectivity index (χ4n) is 2.89. The Balaban J connectivity index is 1.68. The van der Waals surface area contributed by atoms with E-state index in [4.69, 9.17) is 0 Å². The van der Waals surface area contributed by atoms with Gasteiger partial charge >= 0.3 is 6.18 Å². The third-order valence-electron chi connectivity index (χ3n) is 4.33. The smallest absolute Gasteiger partial charge is 0.339 e. The molecule has 1 aliphatic heterocycles. The van der Waals surface area contributed by atoms with E-state index in [1.807, 2.05) is 31.2 Å². The second-order valence-corrected chi connectivity index (χ2v) is 6.31. The van der Waals surface area contributed by atoms with Crippen LogP contribution in [0.4, 0.5) is 13.2 Å². The number of nitrogens with zero attached hydrogens (tertiary/aromatic N) is 1. The Bertz CT molecular complexity index is 749. The van der Waals surface area contributed by atoms with Crippen molar-refractivity contribution in [3.63, 3.8) is 0 Å². The van der Waals surface area contributed by atoms with Crippen LogP contribution in [0.5, 0.6) is 0 Å². The van der Waals surface area contributed by atoms with Crippen LogP contribution >= 0.6 is 0 Å². The number of hydrogen-bond acceptors (Lipinski definition) is 4. The topological polar surface area (TPSA) is 66.0 Å². The van der Waals surface area contributed by atoms with Crippen LogP contribution in [0.15, 0.2) is 48.8 Å². The Morgan fingerprint density at radius 3 is 2.58 bits per heavy atom. The van der Waals surface area contributed by atoms with Crippen LogP contribution in [0.2, 0.25) is 0 Å². The zero-order chi connectivity index (χ0) is 18.7. The second-order valence-electron chi connectivity index (χ2n) is 6.31. The molecular weight excluding hydrogens is 345 g/mol. The molecule has 1 aromatic heterocycles. The molecule has 2 aromatic rings. The van der Waals surface area contributed by atoms with E-state index in [1.54, 1.807) is 0 Å². The lowest BCUT2D eigenvalue weighted by atomic mass is 10.0. The van der Waals surface area contributed by atoms with E-state index in [-0.39, 0.29) is 11.6 Å². The summed E-state index contributed by atoms with van der Waals surface area (Å²) in [6, 6.07) is 7.47. The van der Waals surface area contributed by atoms with E-state index < -0.39 is 24.2 Å². The van der Waals surface area contributed by atoms with Gasteiger partial charge in [0.15, 0.2) is 6.04 Å². The molecule has 8 heteroatoms. The van der Waals surface area contributed by atoms with Crippen molar-refractivity contribution >= 4 is 5.91 Å². The Labute approximate surface area is 149 Å². The highest BCUT2D eigenvalue weighted by Gasteiger charge is 2.43. The van der Waals surface area contributed by atoms with Gasteiger partial charge in [0.25, 0.3) is 0 Å². The summed E-state index contributed by atoms with van der Waals surface area (Å²) in [6.07, 6.45) is -1.77. The summed E-state index contributed by atoms with van der Waals surface area (Å²) in [5, 5.41) is 2.09. The first-order valence-corrected chi connectivity index (χ1v) is 8.19. The van der Waals surface area contributed by atoms with Gasteiger partial charge in [0.1, 0.15) is 6.04 Å². The summed E-state index contributed by atoms with van der Waals surface area (Å²) in [5.74, 6) is -0.710. The molecule has 3 unspecified atom stereocenters. The Hall–Kier alpha value is -2.45. The zero-order valence-electron chi connectivity index (χ0n) is 14.0. The molecule has 26 heavy (non-hydrogen) atoms. The minimum Gasteiger partial charge on any atom is -0.339 e. The molecule has 138 valence electrons. The minimum absolute atomic E-state index is 0.102. The van der Waals surface area contributed by atoms with Gasteiger partial charge in [0.05, 0.1) is 0 Å². The summed E-state index contributed by atoms with van der Waals surface area (Å²) in [7, 11) is 0. The number of amides is 1. The van der Waals surface area contributed by atoms with Crippen molar-refractivity contribution in [1.29, 1.82) is 0 Å². The number of nitrogens with one attached hydrogen (secondary N) is 3. The quantitative estimate of drug-likeness (QED) is 0.781. The van der Waals surface area contributed by atoms with Crippen molar-refractivity contribution in [2.45, 2.75) is 37.6 Å².